The molecule has 1 atom stereocenters. The Hall–Kier alpha value is -2.70. The van der Waals surface area contributed by atoms with Crippen LogP contribution in [0, 0.1) is 6.92 Å². The van der Waals surface area contributed by atoms with E-state index in [2.05, 4.69) is 5.32 Å². The number of nitrogens with one attached hydrogen (secondary N) is 1. The lowest BCUT2D eigenvalue weighted by Crippen LogP contribution is -2.27. The minimum Gasteiger partial charge on any atom is -0.306 e. The maximum absolute atomic E-state index is 13.3. The lowest BCUT2D eigenvalue weighted by molar-refractivity contribution is -0.113. The van der Waals surface area contributed by atoms with Crippen LogP contribution in [0.5, 0.6) is 0 Å². The van der Waals surface area contributed by atoms with E-state index in [1.807, 2.05) is 37.3 Å². The zero-order valence-corrected chi connectivity index (χ0v) is 16.7. The average Bonchev–Trinajstić information content (AvgIpc) is 3.09. The number of carbonyl (C=O) groups excluding carboxylic acids is 1. The molecule has 144 valence electrons. The molecule has 0 saturated carbocycles. The van der Waals surface area contributed by atoms with Gasteiger partial charge in [0.05, 0.1) is 16.5 Å². The number of hydrogen-bond donors (Lipinski definition) is 1. The molecule has 0 amide bonds. The quantitative estimate of drug-likeness (QED) is 0.732. The van der Waals surface area contributed by atoms with Crippen molar-refractivity contribution in [1.82, 2.24) is 9.29 Å². The van der Waals surface area contributed by atoms with Gasteiger partial charge in [-0.25, -0.2) is 12.4 Å². The molecule has 1 aromatic heterocycles. The van der Waals surface area contributed by atoms with Gasteiger partial charge in [-0.1, -0.05) is 42.0 Å². The monoisotopic (exact) mass is 394 g/mol. The van der Waals surface area contributed by atoms with Crippen molar-refractivity contribution in [1.29, 1.82) is 0 Å². The van der Waals surface area contributed by atoms with Gasteiger partial charge in [-0.2, -0.15) is 0 Å². The average molecular weight is 394 g/mol. The van der Waals surface area contributed by atoms with E-state index >= 15 is 0 Å². The summed E-state index contributed by atoms with van der Waals surface area (Å²) in [5.74, 6) is 0.0579. The summed E-state index contributed by atoms with van der Waals surface area (Å²) in [6.45, 7) is 4.17. The van der Waals surface area contributed by atoms with Gasteiger partial charge in [-0.15, -0.1) is 0 Å². The lowest BCUT2D eigenvalue weighted by Gasteiger charge is -2.21. The largest absolute Gasteiger partial charge is 0.306 e. The van der Waals surface area contributed by atoms with E-state index in [-0.39, 0.29) is 16.7 Å². The van der Waals surface area contributed by atoms with E-state index in [9.17, 15) is 13.2 Å². The highest BCUT2D eigenvalue weighted by atomic mass is 32.2. The van der Waals surface area contributed by atoms with Gasteiger partial charge in [0.25, 0.3) is 10.0 Å². The molecule has 0 spiro atoms. The second kappa shape index (κ2) is 7.04. The SMILES string of the molecule is CC(=O)C1=C[C@@H](c2cn(S(=O)(=O)c3ccc(C)cc3)c3ccccc23)NCC1. The van der Waals surface area contributed by atoms with Crippen molar-refractivity contribution in [2.45, 2.75) is 31.2 Å². The van der Waals surface area contributed by atoms with Gasteiger partial charge in [-0.3, -0.25) is 4.79 Å². The zero-order chi connectivity index (χ0) is 19.9. The summed E-state index contributed by atoms with van der Waals surface area (Å²) < 4.78 is 27.9. The molecule has 0 bridgehead atoms. The molecule has 2 heterocycles. The Morgan fingerprint density at radius 1 is 1.11 bits per heavy atom. The van der Waals surface area contributed by atoms with E-state index in [0.29, 0.717) is 18.5 Å². The van der Waals surface area contributed by atoms with Gasteiger partial charge in [0.2, 0.25) is 0 Å². The molecule has 0 aliphatic carbocycles. The fraction of sp³-hybridized carbons (Fsp3) is 0.227. The Balaban J connectivity index is 1.89. The molecular weight excluding hydrogens is 372 g/mol. The molecule has 6 heteroatoms. The summed E-state index contributed by atoms with van der Waals surface area (Å²) >= 11 is 0. The first-order valence-corrected chi connectivity index (χ1v) is 10.7. The summed E-state index contributed by atoms with van der Waals surface area (Å²) in [5, 5.41) is 4.25. The van der Waals surface area contributed by atoms with Crippen LogP contribution >= 0.6 is 0 Å². The number of Topliss-reactive ketones (excluding diaryl/α,β-unsaturated/α-hetero) is 1. The normalized spacial score (nSPS) is 17.5. The standard InChI is InChI=1S/C22H22N2O3S/c1-15-7-9-18(10-8-15)28(26,27)24-14-20(19-5-3-4-6-22(19)24)21-13-17(16(2)25)11-12-23-21/h3-10,13-14,21,23H,11-12H2,1-2H3/t21-/m0/s1. The molecule has 3 aromatic rings. The molecule has 2 aromatic carbocycles. The van der Waals surface area contributed by atoms with E-state index in [1.54, 1.807) is 37.4 Å². The number of hydrogen-bond acceptors (Lipinski definition) is 4. The fourth-order valence-corrected chi connectivity index (χ4v) is 5.02. The highest BCUT2D eigenvalue weighted by molar-refractivity contribution is 7.90. The van der Waals surface area contributed by atoms with Crippen LogP contribution in [0.2, 0.25) is 0 Å². The van der Waals surface area contributed by atoms with Crippen molar-refractivity contribution in [2.24, 2.45) is 0 Å². The minimum absolute atomic E-state index is 0.0579. The Bertz CT molecular complexity index is 1190. The minimum atomic E-state index is -3.73. The van der Waals surface area contributed by atoms with Crippen molar-refractivity contribution < 1.29 is 13.2 Å². The first-order valence-electron chi connectivity index (χ1n) is 9.25. The summed E-state index contributed by atoms with van der Waals surface area (Å²) in [6.07, 6.45) is 4.28. The Morgan fingerprint density at radius 3 is 2.54 bits per heavy atom. The summed E-state index contributed by atoms with van der Waals surface area (Å²) in [5.41, 5.74) is 3.26. The maximum Gasteiger partial charge on any atom is 0.268 e. The van der Waals surface area contributed by atoms with Crippen molar-refractivity contribution in [3.8, 4) is 0 Å². The summed E-state index contributed by atoms with van der Waals surface area (Å²) in [6, 6.07) is 14.1. The van der Waals surface area contributed by atoms with Crippen molar-refractivity contribution >= 4 is 26.7 Å². The molecule has 1 N–H and O–H groups in total. The predicted octanol–water partition coefficient (Wildman–Crippen LogP) is 3.74. The number of ketones is 1. The van der Waals surface area contributed by atoms with Crippen molar-refractivity contribution in [3.63, 3.8) is 0 Å². The number of aromatic nitrogens is 1. The molecular formula is C22H22N2O3S. The highest BCUT2D eigenvalue weighted by Crippen LogP contribution is 2.32. The van der Waals surface area contributed by atoms with Crippen LogP contribution in [0.3, 0.4) is 0 Å². The van der Waals surface area contributed by atoms with E-state index in [1.165, 1.54) is 3.97 Å². The zero-order valence-electron chi connectivity index (χ0n) is 15.8. The summed E-state index contributed by atoms with van der Waals surface area (Å²) in [7, 11) is -3.73. The molecule has 5 nitrogen and oxygen atoms in total. The van der Waals surface area contributed by atoms with Crippen LogP contribution in [-0.4, -0.2) is 24.7 Å². The number of carbonyl (C=O) groups is 1. The lowest BCUT2D eigenvalue weighted by atomic mass is 9.96. The maximum atomic E-state index is 13.3. The smallest absolute Gasteiger partial charge is 0.268 e. The molecule has 1 aliphatic rings. The molecule has 28 heavy (non-hydrogen) atoms. The van der Waals surface area contributed by atoms with Crippen molar-refractivity contribution in [2.75, 3.05) is 6.54 Å². The second-order valence-electron chi connectivity index (χ2n) is 7.15. The van der Waals surface area contributed by atoms with E-state index in [0.717, 1.165) is 22.1 Å². The molecule has 0 unspecified atom stereocenters. The van der Waals surface area contributed by atoms with Gasteiger partial charge >= 0.3 is 0 Å². The third-order valence-corrected chi connectivity index (χ3v) is 6.89. The summed E-state index contributed by atoms with van der Waals surface area (Å²) in [4.78, 5) is 12.1. The molecule has 4 rings (SSSR count). The third-order valence-electron chi connectivity index (χ3n) is 5.20. The number of para-hydroxylation sites is 1. The van der Waals surface area contributed by atoms with Crippen molar-refractivity contribution in [3.05, 3.63) is 77.5 Å². The van der Waals surface area contributed by atoms with Gasteiger partial charge < -0.3 is 5.32 Å². The van der Waals surface area contributed by atoms with E-state index < -0.39 is 10.0 Å². The molecule has 0 fully saturated rings. The topological polar surface area (TPSA) is 68.2 Å². The van der Waals surface area contributed by atoms with Crippen LogP contribution in [0.15, 0.2) is 71.3 Å². The fourth-order valence-electron chi connectivity index (χ4n) is 3.64. The van der Waals surface area contributed by atoms with Crippen LogP contribution in [0.25, 0.3) is 10.9 Å². The second-order valence-corrected chi connectivity index (χ2v) is 8.96. The van der Waals surface area contributed by atoms with Crippen LogP contribution in [0.1, 0.15) is 30.5 Å². The van der Waals surface area contributed by atoms with Crippen LogP contribution < -0.4 is 5.32 Å². The number of aryl methyl sites for hydroxylation is 1. The van der Waals surface area contributed by atoms with Gasteiger partial charge in [0.15, 0.2) is 5.78 Å². The molecule has 1 aliphatic heterocycles. The first kappa shape index (κ1) is 18.7. The van der Waals surface area contributed by atoms with Gasteiger partial charge in [0.1, 0.15) is 0 Å². The number of benzene rings is 2. The Labute approximate surface area is 164 Å². The highest BCUT2D eigenvalue weighted by Gasteiger charge is 2.25. The van der Waals surface area contributed by atoms with Gasteiger partial charge in [0, 0.05) is 18.1 Å². The van der Waals surface area contributed by atoms with Crippen LogP contribution in [0.4, 0.5) is 0 Å². The number of nitrogens with zero attached hydrogens (tertiary/aromatic N) is 1. The van der Waals surface area contributed by atoms with E-state index in [4.69, 9.17) is 0 Å². The number of fused-ring (bicyclic) bond motifs is 1. The van der Waals surface area contributed by atoms with Gasteiger partial charge in [-0.05, 0) is 49.6 Å². The predicted molar refractivity (Wildman–Crippen MR) is 110 cm³/mol. The molecule has 0 saturated heterocycles. The Morgan fingerprint density at radius 2 is 1.82 bits per heavy atom. The first-order chi connectivity index (χ1) is 13.4. The Kier molecular flexibility index (Phi) is 4.69. The third kappa shape index (κ3) is 3.19. The number of rotatable bonds is 4. The molecule has 0 radical (unpaired) electrons. The van der Waals surface area contributed by atoms with Crippen LogP contribution in [-0.2, 0) is 14.8 Å².